The molecular formula is C14H12N4S. The number of fused-ring (bicyclic) bond motifs is 3. The Morgan fingerprint density at radius 2 is 2.00 bits per heavy atom. The van der Waals surface area contributed by atoms with E-state index in [2.05, 4.69) is 10.3 Å². The zero-order chi connectivity index (χ0) is 13.4. The van der Waals surface area contributed by atoms with Crippen molar-refractivity contribution in [2.24, 2.45) is 4.99 Å². The summed E-state index contributed by atoms with van der Waals surface area (Å²) in [5, 5.41) is 22.3. The third kappa shape index (κ3) is 1.83. The number of rotatable bonds is 0. The summed E-state index contributed by atoms with van der Waals surface area (Å²) in [6.07, 6.45) is 4.49. The van der Waals surface area contributed by atoms with Gasteiger partial charge in [0.25, 0.3) is 0 Å². The van der Waals surface area contributed by atoms with Gasteiger partial charge in [-0.15, -0.1) is 11.3 Å². The molecule has 0 unspecified atom stereocenters. The Morgan fingerprint density at radius 3 is 2.74 bits per heavy atom. The lowest BCUT2D eigenvalue weighted by Gasteiger charge is -2.19. The zero-order valence-corrected chi connectivity index (χ0v) is 11.4. The second kappa shape index (κ2) is 4.53. The molecule has 1 aliphatic carbocycles. The Labute approximate surface area is 115 Å². The Balaban J connectivity index is 2.29. The molecule has 0 amide bonds. The Morgan fingerprint density at radius 1 is 1.26 bits per heavy atom. The molecule has 0 saturated carbocycles. The van der Waals surface area contributed by atoms with Crippen molar-refractivity contribution >= 4 is 27.9 Å². The largest absolute Gasteiger partial charge is 0.342 e. The molecule has 3 rings (SSSR count). The van der Waals surface area contributed by atoms with E-state index in [1.54, 1.807) is 11.3 Å². The number of hydrogen-bond donors (Lipinski definition) is 1. The van der Waals surface area contributed by atoms with Crippen LogP contribution in [0.5, 0.6) is 0 Å². The minimum atomic E-state index is 0.140. The lowest BCUT2D eigenvalue weighted by atomic mass is 9.92. The second-order valence-electron chi connectivity index (χ2n) is 4.69. The highest BCUT2D eigenvalue weighted by atomic mass is 32.1. The lowest BCUT2D eigenvalue weighted by Crippen LogP contribution is -2.23. The molecule has 0 fully saturated rings. The summed E-state index contributed by atoms with van der Waals surface area (Å²) in [6.45, 7) is 1.86. The van der Waals surface area contributed by atoms with Crippen molar-refractivity contribution in [3.8, 4) is 12.1 Å². The SMILES string of the molecule is CC1=Nc2sc3c(c2C(=C(C#N)C#N)N1)CCCC3. The number of nitrogens with one attached hydrogen (secondary N) is 1. The first-order valence-electron chi connectivity index (χ1n) is 6.26. The number of nitriles is 2. The number of nitrogens with zero attached hydrogens (tertiary/aromatic N) is 3. The van der Waals surface area contributed by atoms with Gasteiger partial charge in [0.05, 0.1) is 5.70 Å². The molecule has 0 saturated heterocycles. The number of amidine groups is 1. The maximum absolute atomic E-state index is 9.12. The van der Waals surface area contributed by atoms with Crippen molar-refractivity contribution in [2.45, 2.75) is 32.6 Å². The van der Waals surface area contributed by atoms with Crippen LogP contribution in [0.4, 0.5) is 5.00 Å². The van der Waals surface area contributed by atoms with Gasteiger partial charge >= 0.3 is 0 Å². The number of allylic oxidation sites excluding steroid dienone is 1. The minimum Gasteiger partial charge on any atom is -0.342 e. The van der Waals surface area contributed by atoms with Crippen LogP contribution in [-0.2, 0) is 12.8 Å². The van der Waals surface area contributed by atoms with Gasteiger partial charge in [-0.3, -0.25) is 0 Å². The lowest BCUT2D eigenvalue weighted by molar-refractivity contribution is 0.695. The summed E-state index contributed by atoms with van der Waals surface area (Å²) in [6, 6.07) is 3.97. The van der Waals surface area contributed by atoms with Gasteiger partial charge in [0.1, 0.15) is 23.0 Å². The van der Waals surface area contributed by atoms with Crippen molar-refractivity contribution in [3.63, 3.8) is 0 Å². The quantitative estimate of drug-likeness (QED) is 0.735. The summed E-state index contributed by atoms with van der Waals surface area (Å²) in [4.78, 5) is 5.89. The van der Waals surface area contributed by atoms with Crippen LogP contribution in [0.1, 0.15) is 35.8 Å². The molecule has 0 aromatic carbocycles. The van der Waals surface area contributed by atoms with E-state index < -0.39 is 0 Å². The Hall–Kier alpha value is -2.11. The molecule has 0 bridgehead atoms. The molecule has 0 spiro atoms. The summed E-state index contributed by atoms with van der Waals surface area (Å²) in [5.41, 5.74) is 3.06. The standard InChI is InChI=1S/C14H12N4S/c1-8-17-13(9(6-15)7-16)12-10-4-2-3-5-11(10)19-14(12)18-8/h2-5H2,1H3,(H,17,18). The average Bonchev–Trinajstić information content (AvgIpc) is 2.77. The van der Waals surface area contributed by atoms with Gasteiger partial charge in [-0.2, -0.15) is 10.5 Å². The highest BCUT2D eigenvalue weighted by Crippen LogP contribution is 2.44. The molecule has 2 heterocycles. The van der Waals surface area contributed by atoms with Gasteiger partial charge in [0, 0.05) is 10.4 Å². The normalized spacial score (nSPS) is 16.4. The van der Waals surface area contributed by atoms with E-state index in [1.807, 2.05) is 19.1 Å². The molecule has 5 heteroatoms. The van der Waals surface area contributed by atoms with E-state index in [0.717, 1.165) is 29.2 Å². The molecule has 1 N–H and O–H groups in total. The van der Waals surface area contributed by atoms with E-state index in [1.165, 1.54) is 23.3 Å². The van der Waals surface area contributed by atoms with E-state index in [4.69, 9.17) is 10.5 Å². The highest BCUT2D eigenvalue weighted by molar-refractivity contribution is 7.16. The molecular weight excluding hydrogens is 256 g/mol. The Bertz CT molecular complexity index is 678. The third-order valence-electron chi connectivity index (χ3n) is 3.45. The first kappa shape index (κ1) is 12.0. The molecule has 1 aromatic rings. The monoisotopic (exact) mass is 268 g/mol. The van der Waals surface area contributed by atoms with Crippen molar-refractivity contribution in [3.05, 3.63) is 21.6 Å². The number of thiophene rings is 1. The molecule has 1 aromatic heterocycles. The maximum atomic E-state index is 9.12. The van der Waals surface area contributed by atoms with Crippen molar-refractivity contribution < 1.29 is 0 Å². The van der Waals surface area contributed by atoms with E-state index >= 15 is 0 Å². The fourth-order valence-corrected chi connectivity index (χ4v) is 3.95. The molecule has 94 valence electrons. The first-order valence-corrected chi connectivity index (χ1v) is 7.08. The summed E-state index contributed by atoms with van der Waals surface area (Å²) in [7, 11) is 0. The molecule has 1 aliphatic heterocycles. The van der Waals surface area contributed by atoms with Crippen LogP contribution in [-0.4, -0.2) is 5.84 Å². The van der Waals surface area contributed by atoms with Crippen LogP contribution in [0.25, 0.3) is 5.70 Å². The fraction of sp³-hybridized carbons (Fsp3) is 0.357. The minimum absolute atomic E-state index is 0.140. The van der Waals surface area contributed by atoms with Gasteiger partial charge in [-0.05, 0) is 38.2 Å². The van der Waals surface area contributed by atoms with Gasteiger partial charge in [0.2, 0.25) is 0 Å². The van der Waals surface area contributed by atoms with Crippen LogP contribution in [0.3, 0.4) is 0 Å². The number of aliphatic imine (C=N–C) groups is 1. The van der Waals surface area contributed by atoms with Gasteiger partial charge < -0.3 is 5.32 Å². The number of hydrogen-bond acceptors (Lipinski definition) is 5. The fourth-order valence-electron chi connectivity index (χ4n) is 2.64. The molecule has 0 radical (unpaired) electrons. The van der Waals surface area contributed by atoms with E-state index in [-0.39, 0.29) is 5.57 Å². The van der Waals surface area contributed by atoms with Crippen molar-refractivity contribution in [1.29, 1.82) is 10.5 Å². The highest BCUT2D eigenvalue weighted by Gasteiger charge is 2.27. The molecule has 19 heavy (non-hydrogen) atoms. The Kier molecular flexibility index (Phi) is 2.85. The van der Waals surface area contributed by atoms with Crippen LogP contribution >= 0.6 is 11.3 Å². The molecule has 0 atom stereocenters. The number of aryl methyl sites for hydroxylation is 1. The zero-order valence-electron chi connectivity index (χ0n) is 10.6. The van der Waals surface area contributed by atoms with Gasteiger partial charge in [-0.1, -0.05) is 0 Å². The predicted octanol–water partition coefficient (Wildman–Crippen LogP) is 3.04. The van der Waals surface area contributed by atoms with Gasteiger partial charge in [-0.25, -0.2) is 4.99 Å². The first-order chi connectivity index (χ1) is 9.24. The molecule has 2 aliphatic rings. The van der Waals surface area contributed by atoms with Crippen LogP contribution < -0.4 is 5.32 Å². The second-order valence-corrected chi connectivity index (χ2v) is 5.77. The van der Waals surface area contributed by atoms with Crippen molar-refractivity contribution in [2.75, 3.05) is 0 Å². The van der Waals surface area contributed by atoms with Crippen LogP contribution in [0.2, 0.25) is 0 Å². The average molecular weight is 268 g/mol. The smallest absolute Gasteiger partial charge is 0.153 e. The summed E-state index contributed by atoms with van der Waals surface area (Å²) in [5.74, 6) is 0.740. The summed E-state index contributed by atoms with van der Waals surface area (Å²) >= 11 is 1.70. The van der Waals surface area contributed by atoms with Crippen molar-refractivity contribution in [1.82, 2.24) is 5.32 Å². The van der Waals surface area contributed by atoms with E-state index in [9.17, 15) is 0 Å². The van der Waals surface area contributed by atoms with Crippen LogP contribution in [0, 0.1) is 22.7 Å². The maximum Gasteiger partial charge on any atom is 0.153 e. The topological polar surface area (TPSA) is 72.0 Å². The van der Waals surface area contributed by atoms with Crippen LogP contribution in [0.15, 0.2) is 10.6 Å². The van der Waals surface area contributed by atoms with Gasteiger partial charge in [0.15, 0.2) is 5.57 Å². The predicted molar refractivity (Wildman–Crippen MR) is 75.0 cm³/mol. The third-order valence-corrected chi connectivity index (χ3v) is 4.64. The van der Waals surface area contributed by atoms with E-state index in [0.29, 0.717) is 5.70 Å². The summed E-state index contributed by atoms with van der Waals surface area (Å²) < 4.78 is 0. The molecule has 4 nitrogen and oxygen atoms in total.